The summed E-state index contributed by atoms with van der Waals surface area (Å²) >= 11 is 1.95. The maximum atomic E-state index is 12.1. The number of nitrogens with zero attached hydrogens (tertiary/aromatic N) is 1. The minimum atomic E-state index is 0.323. The average Bonchev–Trinajstić information content (AvgIpc) is 2.30. The minimum absolute atomic E-state index is 0.323. The van der Waals surface area contributed by atoms with Crippen molar-refractivity contribution in [2.24, 2.45) is 0 Å². The zero-order chi connectivity index (χ0) is 11.8. The van der Waals surface area contributed by atoms with Crippen molar-refractivity contribution in [3.8, 4) is 0 Å². The van der Waals surface area contributed by atoms with E-state index in [2.05, 4.69) is 19.2 Å². The SMILES string of the molecule is CCCN(CCC)C(=O)CC1CSCCN1. The molecule has 0 aromatic carbocycles. The molecule has 1 heterocycles. The van der Waals surface area contributed by atoms with Crippen LogP contribution in [0.4, 0.5) is 0 Å². The molecule has 1 rings (SSSR count). The van der Waals surface area contributed by atoms with E-state index >= 15 is 0 Å². The lowest BCUT2D eigenvalue weighted by atomic mass is 10.2. The zero-order valence-corrected chi connectivity index (χ0v) is 11.3. The fraction of sp³-hybridized carbons (Fsp3) is 0.917. The summed E-state index contributed by atoms with van der Waals surface area (Å²) in [6.07, 6.45) is 2.78. The van der Waals surface area contributed by atoms with E-state index in [1.165, 1.54) is 5.75 Å². The van der Waals surface area contributed by atoms with Crippen LogP contribution in [0.3, 0.4) is 0 Å². The predicted molar refractivity (Wildman–Crippen MR) is 70.9 cm³/mol. The fourth-order valence-corrected chi connectivity index (χ4v) is 2.94. The molecule has 0 radical (unpaired) electrons. The van der Waals surface area contributed by atoms with Gasteiger partial charge in [0.1, 0.15) is 0 Å². The zero-order valence-electron chi connectivity index (χ0n) is 10.5. The Morgan fingerprint density at radius 3 is 2.56 bits per heavy atom. The summed E-state index contributed by atoms with van der Waals surface area (Å²) in [5.74, 6) is 2.58. The number of amides is 1. The summed E-state index contributed by atoms with van der Waals surface area (Å²) in [5.41, 5.74) is 0. The van der Waals surface area contributed by atoms with Crippen LogP contribution in [0.1, 0.15) is 33.1 Å². The van der Waals surface area contributed by atoms with Gasteiger partial charge in [-0.15, -0.1) is 0 Å². The Bertz CT molecular complexity index is 199. The van der Waals surface area contributed by atoms with Crippen LogP contribution in [-0.2, 0) is 4.79 Å². The van der Waals surface area contributed by atoms with Gasteiger partial charge in [-0.05, 0) is 12.8 Å². The Hall–Kier alpha value is -0.220. The average molecular weight is 244 g/mol. The third-order valence-corrected chi connectivity index (χ3v) is 3.89. The van der Waals surface area contributed by atoms with Crippen molar-refractivity contribution in [2.75, 3.05) is 31.1 Å². The molecular weight excluding hydrogens is 220 g/mol. The smallest absolute Gasteiger partial charge is 0.224 e. The van der Waals surface area contributed by atoms with Gasteiger partial charge in [0.2, 0.25) is 5.91 Å². The Morgan fingerprint density at radius 1 is 1.38 bits per heavy atom. The first-order valence-corrected chi connectivity index (χ1v) is 7.52. The standard InChI is InChI=1S/C12H24N2OS/c1-3-6-14(7-4-2)12(15)9-11-10-16-8-5-13-11/h11,13H,3-10H2,1-2H3. The van der Waals surface area contributed by atoms with Crippen molar-refractivity contribution in [3.05, 3.63) is 0 Å². The maximum absolute atomic E-state index is 12.1. The summed E-state index contributed by atoms with van der Waals surface area (Å²) in [4.78, 5) is 14.1. The number of nitrogens with one attached hydrogen (secondary N) is 1. The van der Waals surface area contributed by atoms with E-state index in [1.807, 2.05) is 16.7 Å². The van der Waals surface area contributed by atoms with Gasteiger partial charge in [0.05, 0.1) is 0 Å². The lowest BCUT2D eigenvalue weighted by Crippen LogP contribution is -2.43. The van der Waals surface area contributed by atoms with Crippen molar-refractivity contribution in [1.82, 2.24) is 10.2 Å². The van der Waals surface area contributed by atoms with Gasteiger partial charge in [-0.25, -0.2) is 0 Å². The van der Waals surface area contributed by atoms with Gasteiger partial charge in [0.15, 0.2) is 0 Å². The van der Waals surface area contributed by atoms with Gasteiger partial charge in [-0.1, -0.05) is 13.8 Å². The first kappa shape index (κ1) is 13.8. The van der Waals surface area contributed by atoms with Gasteiger partial charge < -0.3 is 10.2 Å². The van der Waals surface area contributed by atoms with Gasteiger partial charge in [0.25, 0.3) is 0 Å². The molecule has 3 nitrogen and oxygen atoms in total. The summed E-state index contributed by atoms with van der Waals surface area (Å²) in [6.45, 7) is 7.12. The highest BCUT2D eigenvalue weighted by Crippen LogP contribution is 2.11. The topological polar surface area (TPSA) is 32.3 Å². The molecule has 4 heteroatoms. The van der Waals surface area contributed by atoms with Crippen molar-refractivity contribution < 1.29 is 4.79 Å². The Kier molecular flexibility index (Phi) is 6.88. The number of hydrogen-bond donors (Lipinski definition) is 1. The molecule has 94 valence electrons. The second-order valence-corrected chi connectivity index (χ2v) is 5.46. The summed E-state index contributed by atoms with van der Waals surface area (Å²) in [5, 5.41) is 3.42. The lowest BCUT2D eigenvalue weighted by Gasteiger charge is -2.27. The van der Waals surface area contributed by atoms with Crippen LogP contribution in [0.2, 0.25) is 0 Å². The summed E-state index contributed by atoms with van der Waals surface area (Å²) in [6, 6.07) is 0.391. The van der Waals surface area contributed by atoms with Crippen LogP contribution in [0.15, 0.2) is 0 Å². The highest BCUT2D eigenvalue weighted by molar-refractivity contribution is 7.99. The summed E-state index contributed by atoms with van der Waals surface area (Å²) in [7, 11) is 0. The molecule has 0 aromatic heterocycles. The maximum Gasteiger partial charge on any atom is 0.224 e. The molecule has 1 fully saturated rings. The second kappa shape index (κ2) is 7.96. The fourth-order valence-electron chi connectivity index (χ4n) is 1.99. The van der Waals surface area contributed by atoms with Crippen molar-refractivity contribution in [3.63, 3.8) is 0 Å². The largest absolute Gasteiger partial charge is 0.343 e. The monoisotopic (exact) mass is 244 g/mol. The van der Waals surface area contributed by atoms with Gasteiger partial charge in [0, 0.05) is 43.6 Å². The number of carbonyl (C=O) groups is 1. The minimum Gasteiger partial charge on any atom is -0.343 e. The molecule has 0 saturated carbocycles. The van der Waals surface area contributed by atoms with E-state index in [-0.39, 0.29) is 0 Å². The molecular formula is C12H24N2OS. The molecule has 0 bridgehead atoms. The van der Waals surface area contributed by atoms with Crippen LogP contribution < -0.4 is 5.32 Å². The third-order valence-electron chi connectivity index (χ3n) is 2.76. The van der Waals surface area contributed by atoms with Crippen molar-refractivity contribution in [1.29, 1.82) is 0 Å². The van der Waals surface area contributed by atoms with Gasteiger partial charge in [-0.3, -0.25) is 4.79 Å². The van der Waals surface area contributed by atoms with E-state index in [9.17, 15) is 4.79 Å². The molecule has 1 atom stereocenters. The van der Waals surface area contributed by atoms with Crippen molar-refractivity contribution >= 4 is 17.7 Å². The molecule has 1 aliphatic heterocycles. The van der Waals surface area contributed by atoms with Crippen LogP contribution in [0.25, 0.3) is 0 Å². The first-order valence-electron chi connectivity index (χ1n) is 6.36. The molecule has 1 N–H and O–H groups in total. The van der Waals surface area contributed by atoms with E-state index in [0.29, 0.717) is 18.4 Å². The Labute approximate surface area is 103 Å². The number of thioether (sulfide) groups is 1. The van der Waals surface area contributed by atoms with Crippen LogP contribution >= 0.6 is 11.8 Å². The van der Waals surface area contributed by atoms with Gasteiger partial charge in [-0.2, -0.15) is 11.8 Å². The summed E-state index contributed by atoms with van der Waals surface area (Å²) < 4.78 is 0. The second-order valence-electron chi connectivity index (χ2n) is 4.31. The Balaban J connectivity index is 2.34. The number of carbonyl (C=O) groups excluding carboxylic acids is 1. The molecule has 1 saturated heterocycles. The number of hydrogen-bond acceptors (Lipinski definition) is 3. The van der Waals surface area contributed by atoms with Crippen LogP contribution in [0.5, 0.6) is 0 Å². The van der Waals surface area contributed by atoms with E-state index in [0.717, 1.165) is 38.2 Å². The molecule has 0 aliphatic carbocycles. The molecule has 1 amide bonds. The highest BCUT2D eigenvalue weighted by Gasteiger charge is 2.19. The van der Waals surface area contributed by atoms with E-state index in [4.69, 9.17) is 0 Å². The molecule has 1 unspecified atom stereocenters. The van der Waals surface area contributed by atoms with Crippen molar-refractivity contribution in [2.45, 2.75) is 39.2 Å². The van der Waals surface area contributed by atoms with E-state index in [1.54, 1.807) is 0 Å². The highest BCUT2D eigenvalue weighted by atomic mass is 32.2. The lowest BCUT2D eigenvalue weighted by molar-refractivity contribution is -0.131. The number of rotatable bonds is 6. The third kappa shape index (κ3) is 4.74. The van der Waals surface area contributed by atoms with Crippen LogP contribution in [-0.4, -0.2) is 48.0 Å². The molecule has 16 heavy (non-hydrogen) atoms. The Morgan fingerprint density at radius 2 is 2.06 bits per heavy atom. The quantitative estimate of drug-likeness (QED) is 0.772. The van der Waals surface area contributed by atoms with E-state index < -0.39 is 0 Å². The normalized spacial score (nSPS) is 20.8. The molecule has 0 spiro atoms. The molecule has 0 aromatic rings. The predicted octanol–water partition coefficient (Wildman–Crippen LogP) is 1.73. The molecule has 1 aliphatic rings. The first-order chi connectivity index (χ1) is 7.77. The van der Waals surface area contributed by atoms with Gasteiger partial charge >= 0.3 is 0 Å². The van der Waals surface area contributed by atoms with Crippen LogP contribution in [0, 0.1) is 0 Å².